The van der Waals surface area contributed by atoms with Gasteiger partial charge in [-0.2, -0.15) is 0 Å². The van der Waals surface area contributed by atoms with Crippen molar-refractivity contribution in [3.8, 4) is 0 Å². The third kappa shape index (κ3) is 4.60. The molecule has 2 atom stereocenters. The van der Waals surface area contributed by atoms with Crippen molar-refractivity contribution in [2.45, 2.75) is 44.2 Å². The van der Waals surface area contributed by atoms with Crippen LogP contribution in [0, 0.1) is 0 Å². The van der Waals surface area contributed by atoms with Crippen LogP contribution in [0.15, 0.2) is 0 Å². The summed E-state index contributed by atoms with van der Waals surface area (Å²) in [6.07, 6.45) is 2.84. The second-order valence-corrected chi connectivity index (χ2v) is 4.28. The summed E-state index contributed by atoms with van der Waals surface area (Å²) in [6.45, 7) is 0.172. The largest absolute Gasteiger partial charge is 0.467 e. The Balaban J connectivity index is 2.15. The Labute approximate surface area is 106 Å². The van der Waals surface area contributed by atoms with Crippen LogP contribution in [0.25, 0.3) is 0 Å². The summed E-state index contributed by atoms with van der Waals surface area (Å²) in [5, 5.41) is 2.53. The molecule has 104 valence electrons. The highest BCUT2D eigenvalue weighted by molar-refractivity contribution is 5.91. The third-order valence-electron chi connectivity index (χ3n) is 2.89. The van der Waals surface area contributed by atoms with Gasteiger partial charge in [0.2, 0.25) is 5.91 Å². The van der Waals surface area contributed by atoms with Gasteiger partial charge in [0.1, 0.15) is 12.1 Å². The van der Waals surface area contributed by atoms with Gasteiger partial charge in [-0.15, -0.1) is 0 Å². The van der Waals surface area contributed by atoms with Crippen molar-refractivity contribution < 1.29 is 23.5 Å². The van der Waals surface area contributed by atoms with Crippen molar-refractivity contribution in [3.63, 3.8) is 0 Å². The molecular formula is C12H20FNO4. The van der Waals surface area contributed by atoms with Gasteiger partial charge in [0, 0.05) is 13.0 Å². The number of unbranched alkanes of at least 4 members (excludes halogenated alkanes) is 3. The van der Waals surface area contributed by atoms with Gasteiger partial charge in [-0.05, 0) is 12.8 Å². The van der Waals surface area contributed by atoms with Gasteiger partial charge in [0.25, 0.3) is 0 Å². The first-order valence-electron chi connectivity index (χ1n) is 6.24. The first-order valence-corrected chi connectivity index (χ1v) is 6.24. The molecule has 0 aliphatic carbocycles. The number of hydrogen-bond donors (Lipinski definition) is 1. The predicted molar refractivity (Wildman–Crippen MR) is 62.7 cm³/mol. The van der Waals surface area contributed by atoms with Crippen molar-refractivity contribution in [1.29, 1.82) is 0 Å². The Morgan fingerprint density at radius 3 is 2.78 bits per heavy atom. The fraction of sp³-hybridized carbons (Fsp3) is 0.833. The van der Waals surface area contributed by atoms with Crippen LogP contribution >= 0.6 is 0 Å². The lowest BCUT2D eigenvalue weighted by Crippen LogP contribution is -2.34. The molecule has 0 aromatic rings. The monoisotopic (exact) mass is 261 g/mol. The molecule has 18 heavy (non-hydrogen) atoms. The van der Waals surface area contributed by atoms with Gasteiger partial charge in [0.15, 0.2) is 0 Å². The average molecular weight is 261 g/mol. The summed E-state index contributed by atoms with van der Waals surface area (Å²) in [6, 6.07) is -0.598. The number of nitrogens with one attached hydrogen (secondary N) is 1. The number of ether oxygens (including phenoxy) is 2. The van der Waals surface area contributed by atoms with Crippen molar-refractivity contribution >= 4 is 11.9 Å². The summed E-state index contributed by atoms with van der Waals surface area (Å²) < 4.78 is 21.8. The van der Waals surface area contributed by atoms with Gasteiger partial charge in [-0.25, -0.2) is 4.79 Å². The Bertz CT molecular complexity index is 285. The van der Waals surface area contributed by atoms with Crippen molar-refractivity contribution in [2.75, 3.05) is 20.4 Å². The van der Waals surface area contributed by atoms with E-state index in [-0.39, 0.29) is 12.6 Å². The number of carbonyl (C=O) groups excluding carboxylic acids is 2. The van der Waals surface area contributed by atoms with E-state index in [1.165, 1.54) is 7.11 Å². The molecule has 5 nitrogen and oxygen atoms in total. The highest BCUT2D eigenvalue weighted by Gasteiger charge is 2.37. The highest BCUT2D eigenvalue weighted by atomic mass is 19.1. The summed E-state index contributed by atoms with van der Waals surface area (Å²) in [7, 11) is 1.29. The minimum Gasteiger partial charge on any atom is -0.467 e. The van der Waals surface area contributed by atoms with Crippen LogP contribution in [0.3, 0.4) is 0 Å². The van der Waals surface area contributed by atoms with Gasteiger partial charge in [-0.1, -0.05) is 12.8 Å². The van der Waals surface area contributed by atoms with Crippen LogP contribution in [0.5, 0.6) is 0 Å². The maximum absolute atomic E-state index is 11.8. The molecule has 1 saturated heterocycles. The summed E-state index contributed by atoms with van der Waals surface area (Å²) >= 11 is 0. The van der Waals surface area contributed by atoms with Crippen molar-refractivity contribution in [3.05, 3.63) is 0 Å². The van der Waals surface area contributed by atoms with Gasteiger partial charge >= 0.3 is 5.97 Å². The second-order valence-electron chi connectivity index (χ2n) is 4.28. The Morgan fingerprint density at radius 2 is 2.11 bits per heavy atom. The average Bonchev–Trinajstić information content (AvgIpc) is 2.74. The zero-order valence-corrected chi connectivity index (χ0v) is 10.6. The fourth-order valence-electron chi connectivity index (χ4n) is 1.86. The van der Waals surface area contributed by atoms with Crippen LogP contribution in [0.2, 0.25) is 0 Å². The Hall–Kier alpha value is -1.17. The number of carbonyl (C=O) groups is 2. The first-order chi connectivity index (χ1) is 8.69. The molecule has 6 heteroatoms. The maximum Gasteiger partial charge on any atom is 0.328 e. The molecule has 1 heterocycles. The Morgan fingerprint density at radius 1 is 1.39 bits per heavy atom. The third-order valence-corrected chi connectivity index (χ3v) is 2.89. The summed E-state index contributed by atoms with van der Waals surface area (Å²) in [4.78, 5) is 22.7. The second kappa shape index (κ2) is 8.02. The van der Waals surface area contributed by atoms with Gasteiger partial charge < -0.3 is 14.8 Å². The number of alkyl halides is 1. The van der Waals surface area contributed by atoms with E-state index in [0.717, 1.165) is 19.3 Å². The minimum absolute atomic E-state index is 0.269. The molecule has 0 radical (unpaired) electrons. The molecule has 0 saturated carbocycles. The summed E-state index contributed by atoms with van der Waals surface area (Å²) in [5.74, 6) is -0.716. The molecule has 2 unspecified atom stereocenters. The van der Waals surface area contributed by atoms with E-state index in [9.17, 15) is 14.0 Å². The molecule has 1 rings (SSSR count). The van der Waals surface area contributed by atoms with E-state index in [2.05, 4.69) is 10.1 Å². The molecule has 0 aromatic carbocycles. The topological polar surface area (TPSA) is 64.6 Å². The molecule has 1 fully saturated rings. The van der Waals surface area contributed by atoms with E-state index in [0.29, 0.717) is 19.4 Å². The van der Waals surface area contributed by atoms with Gasteiger partial charge in [-0.3, -0.25) is 9.18 Å². The lowest BCUT2D eigenvalue weighted by Gasteiger charge is -2.08. The zero-order chi connectivity index (χ0) is 13.4. The standard InChI is InChI=1S/C12H20FNO4/c1-17-12(16)9-8-10(11(15)14-9)18-7-5-3-2-4-6-13/h9-10H,2-8H2,1H3,(H,14,15). The molecule has 1 amide bonds. The minimum atomic E-state index is -0.598. The van der Waals surface area contributed by atoms with E-state index < -0.39 is 18.1 Å². The van der Waals surface area contributed by atoms with Crippen LogP contribution in [0.1, 0.15) is 32.1 Å². The smallest absolute Gasteiger partial charge is 0.328 e. The highest BCUT2D eigenvalue weighted by Crippen LogP contribution is 2.14. The maximum atomic E-state index is 11.8. The molecule has 0 spiro atoms. The van der Waals surface area contributed by atoms with E-state index in [1.807, 2.05) is 0 Å². The van der Waals surface area contributed by atoms with Crippen LogP contribution in [0.4, 0.5) is 4.39 Å². The number of rotatable bonds is 8. The number of hydrogen-bond acceptors (Lipinski definition) is 4. The normalized spacial score (nSPS) is 22.9. The van der Waals surface area contributed by atoms with Crippen LogP contribution in [-0.4, -0.2) is 44.4 Å². The fourth-order valence-corrected chi connectivity index (χ4v) is 1.86. The zero-order valence-electron chi connectivity index (χ0n) is 10.6. The predicted octanol–water partition coefficient (Wildman–Crippen LogP) is 0.963. The molecule has 1 aliphatic heterocycles. The number of amides is 1. The lowest BCUT2D eigenvalue weighted by molar-refractivity contribution is -0.143. The van der Waals surface area contributed by atoms with Crippen molar-refractivity contribution in [2.24, 2.45) is 0 Å². The van der Waals surface area contributed by atoms with E-state index >= 15 is 0 Å². The van der Waals surface area contributed by atoms with Crippen molar-refractivity contribution in [1.82, 2.24) is 5.32 Å². The van der Waals surface area contributed by atoms with Crippen LogP contribution in [-0.2, 0) is 19.1 Å². The molecule has 0 aromatic heterocycles. The van der Waals surface area contributed by atoms with Gasteiger partial charge in [0.05, 0.1) is 13.8 Å². The number of halogens is 1. The number of methoxy groups -OCH3 is 1. The van der Waals surface area contributed by atoms with Crippen LogP contribution < -0.4 is 5.32 Å². The van der Waals surface area contributed by atoms with E-state index in [1.54, 1.807) is 0 Å². The summed E-state index contributed by atoms with van der Waals surface area (Å²) in [5.41, 5.74) is 0. The molecule has 1 N–H and O–H groups in total. The quantitative estimate of drug-likeness (QED) is 0.522. The molecular weight excluding hydrogens is 241 g/mol. The molecule has 0 bridgehead atoms. The Kier molecular flexibility index (Phi) is 6.64. The lowest BCUT2D eigenvalue weighted by atomic mass is 10.2. The molecule has 1 aliphatic rings. The van der Waals surface area contributed by atoms with E-state index in [4.69, 9.17) is 4.74 Å². The number of esters is 1. The SMILES string of the molecule is COC(=O)C1CC(OCCCCCCF)C(=O)N1. The first kappa shape index (κ1) is 14.9.